The number of halogens is 1. The van der Waals surface area contributed by atoms with Gasteiger partial charge in [-0.25, -0.2) is 0 Å². The lowest BCUT2D eigenvalue weighted by Crippen LogP contribution is -2.46. The Balaban J connectivity index is 1.76. The molecule has 1 fully saturated rings. The van der Waals surface area contributed by atoms with Crippen molar-refractivity contribution >= 4 is 23.4 Å². The highest BCUT2D eigenvalue weighted by molar-refractivity contribution is 6.31. The van der Waals surface area contributed by atoms with Crippen LogP contribution in [0.5, 0.6) is 0 Å². The SMILES string of the molecule is CC(C)Cn1cc(C2CC(=O)NC(c3cc(CNC(=O)C(C)C)ccc3Cl)N2)cn1. The number of amides is 2. The fourth-order valence-corrected chi connectivity index (χ4v) is 3.67. The summed E-state index contributed by atoms with van der Waals surface area (Å²) in [6.45, 7) is 9.23. The normalized spacial score (nSPS) is 19.2. The van der Waals surface area contributed by atoms with Gasteiger partial charge < -0.3 is 10.6 Å². The topological polar surface area (TPSA) is 88.0 Å². The third-order valence-corrected chi connectivity index (χ3v) is 5.38. The molecule has 2 amide bonds. The molecule has 0 radical (unpaired) electrons. The Hall–Kier alpha value is -2.38. The Morgan fingerprint density at radius 1 is 1.33 bits per heavy atom. The van der Waals surface area contributed by atoms with Crippen LogP contribution < -0.4 is 16.0 Å². The molecule has 2 aromatic rings. The average Bonchev–Trinajstić information content (AvgIpc) is 3.14. The number of carbonyl (C=O) groups is 2. The quantitative estimate of drug-likeness (QED) is 0.627. The maximum Gasteiger partial charge on any atom is 0.223 e. The molecule has 3 rings (SSSR count). The summed E-state index contributed by atoms with van der Waals surface area (Å²) in [4.78, 5) is 24.3. The van der Waals surface area contributed by atoms with Gasteiger partial charge in [0.05, 0.1) is 6.20 Å². The van der Waals surface area contributed by atoms with Crippen LogP contribution in [-0.4, -0.2) is 21.6 Å². The smallest absolute Gasteiger partial charge is 0.223 e. The minimum absolute atomic E-state index is 0.00549. The number of nitrogens with zero attached hydrogens (tertiary/aromatic N) is 2. The summed E-state index contributed by atoms with van der Waals surface area (Å²) in [5, 5.41) is 14.3. The minimum atomic E-state index is -0.419. The van der Waals surface area contributed by atoms with E-state index in [0.29, 0.717) is 23.9 Å². The zero-order chi connectivity index (χ0) is 21.8. The Labute approximate surface area is 182 Å². The third kappa shape index (κ3) is 5.61. The first-order valence-electron chi connectivity index (χ1n) is 10.4. The summed E-state index contributed by atoms with van der Waals surface area (Å²) in [5.41, 5.74) is 2.68. The summed E-state index contributed by atoms with van der Waals surface area (Å²) in [6, 6.07) is 5.45. The van der Waals surface area contributed by atoms with Crippen molar-refractivity contribution in [2.75, 3.05) is 0 Å². The second kappa shape index (κ2) is 9.62. The van der Waals surface area contributed by atoms with Gasteiger partial charge in [-0.3, -0.25) is 19.6 Å². The largest absolute Gasteiger partial charge is 0.352 e. The van der Waals surface area contributed by atoms with E-state index in [2.05, 4.69) is 34.9 Å². The highest BCUT2D eigenvalue weighted by atomic mass is 35.5. The second-order valence-electron chi connectivity index (χ2n) is 8.54. The van der Waals surface area contributed by atoms with E-state index in [9.17, 15) is 9.59 Å². The first kappa shape index (κ1) is 22.3. The van der Waals surface area contributed by atoms with E-state index in [1.165, 1.54) is 0 Å². The average molecular weight is 432 g/mol. The third-order valence-electron chi connectivity index (χ3n) is 5.03. The second-order valence-corrected chi connectivity index (χ2v) is 8.95. The van der Waals surface area contributed by atoms with Crippen LogP contribution >= 0.6 is 11.6 Å². The monoisotopic (exact) mass is 431 g/mol. The van der Waals surface area contributed by atoms with Gasteiger partial charge in [-0.15, -0.1) is 0 Å². The van der Waals surface area contributed by atoms with Gasteiger partial charge in [0.2, 0.25) is 11.8 Å². The number of carbonyl (C=O) groups excluding carboxylic acids is 2. The van der Waals surface area contributed by atoms with Crippen molar-refractivity contribution in [1.82, 2.24) is 25.7 Å². The Morgan fingerprint density at radius 3 is 2.80 bits per heavy atom. The summed E-state index contributed by atoms with van der Waals surface area (Å²) < 4.78 is 1.91. The van der Waals surface area contributed by atoms with Crippen molar-refractivity contribution in [1.29, 1.82) is 0 Å². The van der Waals surface area contributed by atoms with Gasteiger partial charge in [-0.05, 0) is 23.6 Å². The lowest BCUT2D eigenvalue weighted by molar-refractivity contribution is -0.125. The number of benzene rings is 1. The molecule has 3 N–H and O–H groups in total. The lowest BCUT2D eigenvalue weighted by Gasteiger charge is -2.32. The maximum atomic E-state index is 12.4. The molecule has 30 heavy (non-hydrogen) atoms. The van der Waals surface area contributed by atoms with E-state index >= 15 is 0 Å². The zero-order valence-electron chi connectivity index (χ0n) is 17.9. The molecule has 1 aromatic heterocycles. The van der Waals surface area contributed by atoms with Gasteiger partial charge in [0, 0.05) is 53.8 Å². The maximum absolute atomic E-state index is 12.4. The minimum Gasteiger partial charge on any atom is -0.352 e. The van der Waals surface area contributed by atoms with Crippen molar-refractivity contribution in [3.05, 3.63) is 52.3 Å². The molecule has 0 bridgehead atoms. The number of hydrogen-bond donors (Lipinski definition) is 3. The van der Waals surface area contributed by atoms with Gasteiger partial charge in [0.15, 0.2) is 0 Å². The van der Waals surface area contributed by atoms with Crippen molar-refractivity contribution in [2.24, 2.45) is 11.8 Å². The van der Waals surface area contributed by atoms with Crippen molar-refractivity contribution in [2.45, 2.75) is 59.4 Å². The van der Waals surface area contributed by atoms with Crippen LogP contribution in [0.4, 0.5) is 0 Å². The summed E-state index contributed by atoms with van der Waals surface area (Å²) in [6.07, 6.45) is 3.73. The van der Waals surface area contributed by atoms with E-state index in [1.807, 2.05) is 43.1 Å². The predicted molar refractivity (Wildman–Crippen MR) is 117 cm³/mol. The molecule has 0 saturated carbocycles. The van der Waals surface area contributed by atoms with Crippen LogP contribution in [0.25, 0.3) is 0 Å². The van der Waals surface area contributed by atoms with Crippen LogP contribution in [0, 0.1) is 11.8 Å². The van der Waals surface area contributed by atoms with Crippen molar-refractivity contribution in [3.8, 4) is 0 Å². The molecule has 1 aliphatic rings. The molecule has 7 nitrogen and oxygen atoms in total. The van der Waals surface area contributed by atoms with Crippen LogP contribution in [0.3, 0.4) is 0 Å². The van der Waals surface area contributed by atoms with Crippen LogP contribution in [0.15, 0.2) is 30.6 Å². The molecule has 2 unspecified atom stereocenters. The lowest BCUT2D eigenvalue weighted by atomic mass is 10.0. The number of rotatable bonds is 7. The molecule has 2 atom stereocenters. The van der Waals surface area contributed by atoms with Crippen molar-refractivity contribution < 1.29 is 9.59 Å². The molecule has 1 aliphatic heterocycles. The van der Waals surface area contributed by atoms with E-state index in [4.69, 9.17) is 11.6 Å². The van der Waals surface area contributed by atoms with Gasteiger partial charge in [0.25, 0.3) is 0 Å². The van der Waals surface area contributed by atoms with E-state index < -0.39 is 6.17 Å². The standard InChI is InChI=1S/C22H30ClN5O2/c1-13(2)11-28-12-16(10-25-28)19-8-20(29)27-21(26-19)17-7-15(5-6-18(17)23)9-24-22(30)14(3)4/h5-7,10,12-14,19,21,26H,8-9,11H2,1-4H3,(H,24,30)(H,27,29). The summed E-state index contributed by atoms with van der Waals surface area (Å²) in [7, 11) is 0. The summed E-state index contributed by atoms with van der Waals surface area (Å²) >= 11 is 6.45. The molecular weight excluding hydrogens is 402 g/mol. The number of nitrogens with one attached hydrogen (secondary N) is 3. The van der Waals surface area contributed by atoms with E-state index in [-0.39, 0.29) is 23.8 Å². The fraction of sp³-hybridized carbons (Fsp3) is 0.500. The molecule has 0 spiro atoms. The van der Waals surface area contributed by atoms with Crippen LogP contribution in [0.1, 0.15) is 63.0 Å². The van der Waals surface area contributed by atoms with Gasteiger partial charge >= 0.3 is 0 Å². The van der Waals surface area contributed by atoms with E-state index in [1.54, 1.807) is 6.07 Å². The first-order valence-corrected chi connectivity index (χ1v) is 10.7. The van der Waals surface area contributed by atoms with Crippen molar-refractivity contribution in [3.63, 3.8) is 0 Å². The Morgan fingerprint density at radius 2 is 2.10 bits per heavy atom. The number of hydrogen-bond acceptors (Lipinski definition) is 4. The Kier molecular flexibility index (Phi) is 7.15. The summed E-state index contributed by atoms with van der Waals surface area (Å²) in [5.74, 6) is 0.364. The molecule has 0 aliphatic carbocycles. The zero-order valence-corrected chi connectivity index (χ0v) is 18.7. The predicted octanol–water partition coefficient (Wildman–Crippen LogP) is 3.31. The molecule has 1 aromatic carbocycles. The molecular formula is C22H30ClN5O2. The highest BCUT2D eigenvalue weighted by Gasteiger charge is 2.30. The highest BCUT2D eigenvalue weighted by Crippen LogP contribution is 2.29. The van der Waals surface area contributed by atoms with Gasteiger partial charge in [-0.2, -0.15) is 5.10 Å². The van der Waals surface area contributed by atoms with E-state index in [0.717, 1.165) is 23.2 Å². The van der Waals surface area contributed by atoms with Gasteiger partial charge in [0.1, 0.15) is 6.17 Å². The van der Waals surface area contributed by atoms with Crippen LogP contribution in [-0.2, 0) is 22.7 Å². The molecule has 1 saturated heterocycles. The van der Waals surface area contributed by atoms with Gasteiger partial charge in [-0.1, -0.05) is 45.4 Å². The first-order chi connectivity index (χ1) is 14.2. The number of aromatic nitrogens is 2. The molecule has 2 heterocycles. The molecule has 162 valence electrons. The fourth-order valence-electron chi connectivity index (χ4n) is 3.44. The van der Waals surface area contributed by atoms with Crippen LogP contribution in [0.2, 0.25) is 5.02 Å². The molecule has 8 heteroatoms. The Bertz CT molecular complexity index is 909.